The van der Waals surface area contributed by atoms with Crippen LogP contribution in [0.4, 0.5) is 17.3 Å². The second-order valence-corrected chi connectivity index (χ2v) is 6.76. The molecule has 1 aliphatic heterocycles. The summed E-state index contributed by atoms with van der Waals surface area (Å²) in [4.78, 5) is 22.8. The first-order chi connectivity index (χ1) is 14.7. The molecule has 0 spiro atoms. The number of amides is 1. The minimum atomic E-state index is -0.165. The highest BCUT2D eigenvalue weighted by Crippen LogP contribution is 2.19. The van der Waals surface area contributed by atoms with Crippen molar-refractivity contribution in [3.05, 3.63) is 77.6 Å². The van der Waals surface area contributed by atoms with Gasteiger partial charge in [-0.1, -0.05) is 24.0 Å². The number of nitrogens with two attached hydrogens (primary N) is 1. The predicted octanol–water partition coefficient (Wildman–Crippen LogP) is 2.55. The highest BCUT2D eigenvalue weighted by molar-refractivity contribution is 6.04. The summed E-state index contributed by atoms with van der Waals surface area (Å²) in [5.41, 5.74) is 9.22. The third-order valence-corrected chi connectivity index (χ3v) is 4.63. The van der Waals surface area contributed by atoms with E-state index in [0.717, 1.165) is 24.3 Å². The van der Waals surface area contributed by atoms with E-state index in [9.17, 15) is 4.79 Å². The van der Waals surface area contributed by atoms with Gasteiger partial charge < -0.3 is 20.7 Å². The minimum Gasteiger partial charge on any atom is -0.378 e. The van der Waals surface area contributed by atoms with Gasteiger partial charge in [0.1, 0.15) is 0 Å². The van der Waals surface area contributed by atoms with Gasteiger partial charge in [0.15, 0.2) is 0 Å². The molecule has 7 nitrogen and oxygen atoms in total. The maximum Gasteiger partial charge on any atom is 0.255 e. The predicted molar refractivity (Wildman–Crippen MR) is 116 cm³/mol. The van der Waals surface area contributed by atoms with Crippen LogP contribution in [0.2, 0.25) is 0 Å². The first-order valence-electron chi connectivity index (χ1n) is 9.61. The fourth-order valence-electron chi connectivity index (χ4n) is 3.09. The van der Waals surface area contributed by atoms with Crippen LogP contribution in [-0.4, -0.2) is 42.2 Å². The van der Waals surface area contributed by atoms with Crippen molar-refractivity contribution < 1.29 is 9.53 Å². The molecule has 3 aromatic rings. The minimum absolute atomic E-state index is 0.165. The lowest BCUT2D eigenvalue weighted by molar-refractivity contribution is 0.102. The van der Waals surface area contributed by atoms with Crippen LogP contribution in [0.5, 0.6) is 0 Å². The van der Waals surface area contributed by atoms with Gasteiger partial charge in [-0.15, -0.1) is 0 Å². The van der Waals surface area contributed by atoms with E-state index in [1.54, 1.807) is 12.4 Å². The third kappa shape index (κ3) is 4.93. The summed E-state index contributed by atoms with van der Waals surface area (Å²) >= 11 is 0. The summed E-state index contributed by atoms with van der Waals surface area (Å²) in [7, 11) is 0. The molecule has 150 valence electrons. The van der Waals surface area contributed by atoms with Gasteiger partial charge in [0.25, 0.3) is 5.91 Å². The molecule has 3 N–H and O–H groups in total. The molecule has 0 bridgehead atoms. The lowest BCUT2D eigenvalue weighted by Gasteiger charge is -2.29. The van der Waals surface area contributed by atoms with Crippen molar-refractivity contribution in [3.63, 3.8) is 0 Å². The quantitative estimate of drug-likeness (QED) is 0.658. The van der Waals surface area contributed by atoms with Gasteiger partial charge >= 0.3 is 0 Å². The molecule has 30 heavy (non-hydrogen) atoms. The molecule has 1 aliphatic rings. The zero-order valence-electron chi connectivity index (χ0n) is 16.3. The Morgan fingerprint density at radius 1 is 1.00 bits per heavy atom. The van der Waals surface area contributed by atoms with Crippen molar-refractivity contribution in [2.75, 3.05) is 42.3 Å². The van der Waals surface area contributed by atoms with Gasteiger partial charge in [-0.2, -0.15) is 0 Å². The summed E-state index contributed by atoms with van der Waals surface area (Å²) in [6.07, 6.45) is 3.14. The molecule has 0 atom stereocenters. The number of nitrogen functional groups attached to an aromatic ring is 1. The van der Waals surface area contributed by atoms with Crippen LogP contribution in [0.15, 0.2) is 60.9 Å². The van der Waals surface area contributed by atoms with Gasteiger partial charge in [0, 0.05) is 48.0 Å². The van der Waals surface area contributed by atoms with Crippen LogP contribution in [0.25, 0.3) is 0 Å². The fourth-order valence-corrected chi connectivity index (χ4v) is 3.09. The normalized spacial score (nSPS) is 13.3. The molecule has 1 aromatic heterocycles. The van der Waals surface area contributed by atoms with Crippen molar-refractivity contribution in [1.82, 2.24) is 9.97 Å². The second-order valence-electron chi connectivity index (χ2n) is 6.76. The molecular formula is C23H21N5O2. The van der Waals surface area contributed by atoms with E-state index in [-0.39, 0.29) is 11.9 Å². The largest absolute Gasteiger partial charge is 0.378 e. The topological polar surface area (TPSA) is 93.4 Å². The van der Waals surface area contributed by atoms with E-state index in [4.69, 9.17) is 10.5 Å². The molecule has 1 fully saturated rings. The number of carbonyl (C=O) groups excluding carboxylic acids is 1. The molecule has 2 heterocycles. The van der Waals surface area contributed by atoms with Gasteiger partial charge in [0.05, 0.1) is 18.8 Å². The Morgan fingerprint density at radius 3 is 2.53 bits per heavy atom. The van der Waals surface area contributed by atoms with Gasteiger partial charge in [-0.3, -0.25) is 4.79 Å². The summed E-state index contributed by atoms with van der Waals surface area (Å²) in [6, 6.07) is 15.0. The summed E-state index contributed by atoms with van der Waals surface area (Å²) in [5, 5.41) is 2.94. The van der Waals surface area contributed by atoms with Crippen molar-refractivity contribution in [2.24, 2.45) is 0 Å². The van der Waals surface area contributed by atoms with Crippen LogP contribution in [-0.2, 0) is 4.74 Å². The van der Waals surface area contributed by atoms with Crippen LogP contribution >= 0.6 is 0 Å². The summed E-state index contributed by atoms with van der Waals surface area (Å²) in [5.74, 6) is 6.08. The lowest BCUT2D eigenvalue weighted by Crippen LogP contribution is -2.36. The Hall–Kier alpha value is -3.89. The van der Waals surface area contributed by atoms with Crippen LogP contribution in [0.1, 0.15) is 21.5 Å². The Labute approximate surface area is 174 Å². The smallest absolute Gasteiger partial charge is 0.255 e. The summed E-state index contributed by atoms with van der Waals surface area (Å²) < 4.78 is 5.40. The number of anilines is 3. The fraction of sp³-hybridized carbons (Fsp3) is 0.174. The number of carbonyl (C=O) groups is 1. The van der Waals surface area contributed by atoms with E-state index in [0.29, 0.717) is 30.0 Å². The maximum atomic E-state index is 12.8. The van der Waals surface area contributed by atoms with Gasteiger partial charge in [-0.25, -0.2) is 9.97 Å². The van der Waals surface area contributed by atoms with Gasteiger partial charge in [0.2, 0.25) is 5.95 Å². The number of morpholine rings is 1. The van der Waals surface area contributed by atoms with E-state index in [1.165, 1.54) is 0 Å². The number of hydrogen-bond acceptors (Lipinski definition) is 6. The number of ether oxygens (including phenoxy) is 1. The average Bonchev–Trinajstić information content (AvgIpc) is 2.80. The number of nitrogens with one attached hydrogen (secondary N) is 1. The monoisotopic (exact) mass is 399 g/mol. The zero-order valence-corrected chi connectivity index (χ0v) is 16.3. The maximum absolute atomic E-state index is 12.8. The molecule has 2 aromatic carbocycles. The molecule has 1 saturated heterocycles. The molecule has 0 saturated carbocycles. The Bertz CT molecular complexity index is 1100. The Kier molecular flexibility index (Phi) is 5.88. The number of aromatic nitrogens is 2. The first-order valence-corrected chi connectivity index (χ1v) is 9.61. The second kappa shape index (κ2) is 9.07. The lowest BCUT2D eigenvalue weighted by atomic mass is 10.1. The summed E-state index contributed by atoms with van der Waals surface area (Å²) in [6.45, 7) is 3.05. The highest BCUT2D eigenvalue weighted by Gasteiger charge is 2.13. The van der Waals surface area contributed by atoms with Crippen LogP contribution in [0.3, 0.4) is 0 Å². The van der Waals surface area contributed by atoms with E-state index in [2.05, 4.69) is 32.0 Å². The van der Waals surface area contributed by atoms with E-state index < -0.39 is 0 Å². The van der Waals surface area contributed by atoms with E-state index in [1.807, 2.05) is 48.5 Å². The highest BCUT2D eigenvalue weighted by atomic mass is 16.5. The number of benzene rings is 2. The molecule has 0 radical (unpaired) electrons. The zero-order chi connectivity index (χ0) is 20.8. The van der Waals surface area contributed by atoms with Crippen LogP contribution < -0.4 is 16.0 Å². The average molecular weight is 399 g/mol. The van der Waals surface area contributed by atoms with E-state index >= 15 is 0 Å². The SMILES string of the molecule is Nc1ncc(C#Cc2cccc(NC(=O)c3cccc(N4CCOCC4)c3)c2)cn1. The van der Waals surface area contributed by atoms with Crippen molar-refractivity contribution in [2.45, 2.75) is 0 Å². The molecule has 7 heteroatoms. The number of rotatable bonds is 3. The third-order valence-electron chi connectivity index (χ3n) is 4.63. The molecule has 4 rings (SSSR count). The molecular weight excluding hydrogens is 378 g/mol. The van der Waals surface area contributed by atoms with Gasteiger partial charge in [-0.05, 0) is 36.4 Å². The number of hydrogen-bond donors (Lipinski definition) is 2. The molecule has 1 amide bonds. The van der Waals surface area contributed by atoms with Crippen LogP contribution in [0, 0.1) is 11.8 Å². The standard InChI is InChI=1S/C23H21N5O2/c24-23-25-15-18(16-26-23)8-7-17-3-1-5-20(13-17)27-22(29)19-4-2-6-21(14-19)28-9-11-30-12-10-28/h1-6,13-16H,9-12H2,(H,27,29)(H2,24,25,26). The Morgan fingerprint density at radius 2 is 1.73 bits per heavy atom. The number of nitrogens with zero attached hydrogens (tertiary/aromatic N) is 3. The molecule has 0 aliphatic carbocycles. The molecule has 0 unspecified atom stereocenters. The van der Waals surface area contributed by atoms with Crippen molar-refractivity contribution in [3.8, 4) is 11.8 Å². The van der Waals surface area contributed by atoms with Crippen molar-refractivity contribution in [1.29, 1.82) is 0 Å². The Balaban J connectivity index is 1.46. The van der Waals surface area contributed by atoms with Crippen molar-refractivity contribution >= 4 is 23.2 Å². The first kappa shape index (κ1) is 19.4.